The van der Waals surface area contributed by atoms with Gasteiger partial charge in [-0.05, 0) is 44.0 Å². The van der Waals surface area contributed by atoms with E-state index >= 15 is 0 Å². The van der Waals surface area contributed by atoms with Gasteiger partial charge in [-0.1, -0.05) is 12.1 Å². The molecule has 17 heavy (non-hydrogen) atoms. The number of benzene rings is 1. The quantitative estimate of drug-likeness (QED) is 0.816. The minimum Gasteiger partial charge on any atom is -0.308 e. The van der Waals surface area contributed by atoms with E-state index < -0.39 is 11.7 Å². The van der Waals surface area contributed by atoms with Crippen molar-refractivity contribution in [3.8, 4) is 0 Å². The number of alkyl halides is 3. The maximum atomic E-state index is 12.4. The van der Waals surface area contributed by atoms with Gasteiger partial charge in [-0.2, -0.15) is 13.2 Å². The molecule has 1 heterocycles. The molecule has 1 saturated heterocycles. The zero-order valence-corrected chi connectivity index (χ0v) is 10.3. The Labute approximate surface area is 105 Å². The third-order valence-corrected chi connectivity index (χ3v) is 3.22. The summed E-state index contributed by atoms with van der Waals surface area (Å²) < 4.78 is 37.1. The fourth-order valence-electron chi connectivity index (χ4n) is 2.17. The van der Waals surface area contributed by atoms with Crippen LogP contribution in [0.5, 0.6) is 0 Å². The lowest BCUT2D eigenvalue weighted by Gasteiger charge is -2.25. The number of nitrogens with one attached hydrogen (secondary N) is 1. The standard InChI is InChI=1S/C12H14F3N.ClH/c1-11(7-2-8-16-11)9-3-5-10(6-4-9)12(13,14)15;/h3-6,16H,2,7-8H2,1H3;1H. The van der Waals surface area contributed by atoms with Crippen molar-refractivity contribution in [1.29, 1.82) is 0 Å². The summed E-state index contributed by atoms with van der Waals surface area (Å²) in [6, 6.07) is 5.45. The molecule has 0 spiro atoms. The molecule has 2 rings (SSSR count). The van der Waals surface area contributed by atoms with Crippen LogP contribution in [0.25, 0.3) is 0 Å². The average molecular weight is 266 g/mol. The van der Waals surface area contributed by atoms with Crippen LogP contribution in [-0.2, 0) is 11.7 Å². The van der Waals surface area contributed by atoms with Crippen LogP contribution >= 0.6 is 12.4 Å². The molecule has 96 valence electrons. The van der Waals surface area contributed by atoms with Gasteiger partial charge >= 0.3 is 6.18 Å². The van der Waals surface area contributed by atoms with E-state index in [1.165, 1.54) is 0 Å². The third-order valence-electron chi connectivity index (χ3n) is 3.22. The zero-order chi connectivity index (χ0) is 11.8. The van der Waals surface area contributed by atoms with E-state index in [0.29, 0.717) is 0 Å². The van der Waals surface area contributed by atoms with E-state index in [9.17, 15) is 13.2 Å². The van der Waals surface area contributed by atoms with Gasteiger partial charge in [-0.25, -0.2) is 0 Å². The summed E-state index contributed by atoms with van der Waals surface area (Å²) >= 11 is 0. The second-order valence-corrected chi connectivity index (χ2v) is 4.44. The van der Waals surface area contributed by atoms with Crippen LogP contribution in [0.4, 0.5) is 13.2 Å². The predicted molar refractivity (Wildman–Crippen MR) is 63.3 cm³/mol. The molecule has 1 atom stereocenters. The van der Waals surface area contributed by atoms with Crippen molar-refractivity contribution in [3.05, 3.63) is 35.4 Å². The molecule has 0 amide bonds. The summed E-state index contributed by atoms with van der Waals surface area (Å²) in [5, 5.41) is 3.33. The van der Waals surface area contributed by atoms with E-state index in [0.717, 1.165) is 37.1 Å². The van der Waals surface area contributed by atoms with Gasteiger partial charge in [-0.15, -0.1) is 12.4 Å². The molecule has 0 aliphatic carbocycles. The van der Waals surface area contributed by atoms with Gasteiger partial charge in [-0.3, -0.25) is 0 Å². The summed E-state index contributed by atoms with van der Waals surface area (Å²) in [5.41, 5.74) is 0.181. The predicted octanol–water partition coefficient (Wildman–Crippen LogP) is 3.73. The molecule has 1 aromatic rings. The molecule has 0 bridgehead atoms. The van der Waals surface area contributed by atoms with Crippen molar-refractivity contribution >= 4 is 12.4 Å². The lowest BCUT2D eigenvalue weighted by atomic mass is 9.90. The van der Waals surface area contributed by atoms with Gasteiger partial charge in [0.25, 0.3) is 0 Å². The van der Waals surface area contributed by atoms with Gasteiger partial charge < -0.3 is 5.32 Å². The smallest absolute Gasteiger partial charge is 0.308 e. The largest absolute Gasteiger partial charge is 0.416 e. The summed E-state index contributed by atoms with van der Waals surface area (Å²) in [7, 11) is 0. The Hall–Kier alpha value is -0.740. The average Bonchev–Trinajstić information content (AvgIpc) is 2.66. The minimum absolute atomic E-state index is 0. The summed E-state index contributed by atoms with van der Waals surface area (Å²) in [5.74, 6) is 0. The molecule has 5 heteroatoms. The van der Waals surface area contributed by atoms with Crippen LogP contribution in [0, 0.1) is 0 Å². The van der Waals surface area contributed by atoms with Crippen LogP contribution < -0.4 is 5.32 Å². The highest BCUT2D eigenvalue weighted by molar-refractivity contribution is 5.85. The fourth-order valence-corrected chi connectivity index (χ4v) is 2.17. The first-order valence-corrected chi connectivity index (χ1v) is 5.35. The first-order valence-electron chi connectivity index (χ1n) is 5.35. The van der Waals surface area contributed by atoms with Crippen molar-refractivity contribution < 1.29 is 13.2 Å². The molecular formula is C12H15ClF3N. The first kappa shape index (κ1) is 14.3. The van der Waals surface area contributed by atoms with Crippen LogP contribution in [0.15, 0.2) is 24.3 Å². The van der Waals surface area contributed by atoms with Crippen LogP contribution in [-0.4, -0.2) is 6.54 Å². The van der Waals surface area contributed by atoms with E-state index in [1.54, 1.807) is 12.1 Å². The Balaban J connectivity index is 0.00000144. The van der Waals surface area contributed by atoms with E-state index in [2.05, 4.69) is 5.32 Å². The highest BCUT2D eigenvalue weighted by Crippen LogP contribution is 2.33. The minimum atomic E-state index is -4.25. The highest BCUT2D eigenvalue weighted by atomic mass is 35.5. The maximum Gasteiger partial charge on any atom is 0.416 e. The zero-order valence-electron chi connectivity index (χ0n) is 9.47. The summed E-state index contributed by atoms with van der Waals surface area (Å²) in [4.78, 5) is 0. The molecule has 1 aliphatic heterocycles. The number of hydrogen-bond acceptors (Lipinski definition) is 1. The van der Waals surface area contributed by atoms with Crippen LogP contribution in [0.1, 0.15) is 30.9 Å². The van der Waals surface area contributed by atoms with Gasteiger partial charge in [0.05, 0.1) is 5.56 Å². The highest BCUT2D eigenvalue weighted by Gasteiger charge is 2.33. The van der Waals surface area contributed by atoms with Crippen molar-refractivity contribution in [2.75, 3.05) is 6.54 Å². The van der Waals surface area contributed by atoms with Gasteiger partial charge in [0.15, 0.2) is 0 Å². The Morgan fingerprint density at radius 2 is 1.76 bits per heavy atom. The van der Waals surface area contributed by atoms with Crippen molar-refractivity contribution in [3.63, 3.8) is 0 Å². The maximum absolute atomic E-state index is 12.4. The molecule has 1 fully saturated rings. The normalized spacial score (nSPS) is 24.5. The number of rotatable bonds is 1. The van der Waals surface area contributed by atoms with Crippen molar-refractivity contribution in [2.24, 2.45) is 0 Å². The number of hydrogen-bond donors (Lipinski definition) is 1. The van der Waals surface area contributed by atoms with Crippen LogP contribution in [0.2, 0.25) is 0 Å². The van der Waals surface area contributed by atoms with E-state index in [1.807, 2.05) is 6.92 Å². The Kier molecular flexibility index (Phi) is 4.10. The Bertz CT molecular complexity index is 366. The fraction of sp³-hybridized carbons (Fsp3) is 0.500. The Morgan fingerprint density at radius 1 is 1.18 bits per heavy atom. The Morgan fingerprint density at radius 3 is 2.18 bits per heavy atom. The molecule has 1 aliphatic rings. The molecule has 1 nitrogen and oxygen atoms in total. The monoisotopic (exact) mass is 265 g/mol. The van der Waals surface area contributed by atoms with Gasteiger partial charge in [0, 0.05) is 5.54 Å². The van der Waals surface area contributed by atoms with E-state index in [4.69, 9.17) is 0 Å². The second-order valence-electron chi connectivity index (χ2n) is 4.44. The van der Waals surface area contributed by atoms with Gasteiger partial charge in [0.2, 0.25) is 0 Å². The van der Waals surface area contributed by atoms with Crippen molar-refractivity contribution in [1.82, 2.24) is 5.32 Å². The molecule has 0 saturated carbocycles. The molecule has 1 aromatic carbocycles. The second kappa shape index (κ2) is 4.86. The molecule has 0 radical (unpaired) electrons. The molecule has 0 aromatic heterocycles. The first-order chi connectivity index (χ1) is 7.42. The van der Waals surface area contributed by atoms with E-state index in [-0.39, 0.29) is 17.9 Å². The summed E-state index contributed by atoms with van der Waals surface area (Å²) in [6.45, 7) is 2.96. The molecule has 1 N–H and O–H groups in total. The number of halogens is 4. The third kappa shape index (κ3) is 2.93. The molecule has 1 unspecified atom stereocenters. The summed E-state index contributed by atoms with van der Waals surface area (Å²) in [6.07, 6.45) is -2.21. The van der Waals surface area contributed by atoms with Gasteiger partial charge in [0.1, 0.15) is 0 Å². The van der Waals surface area contributed by atoms with Crippen molar-refractivity contribution in [2.45, 2.75) is 31.5 Å². The SMILES string of the molecule is CC1(c2ccc(C(F)(F)F)cc2)CCCN1.Cl. The van der Waals surface area contributed by atoms with Crippen LogP contribution in [0.3, 0.4) is 0 Å². The topological polar surface area (TPSA) is 12.0 Å². The molecular weight excluding hydrogens is 251 g/mol. The lowest BCUT2D eigenvalue weighted by Crippen LogP contribution is -2.33. The lowest BCUT2D eigenvalue weighted by molar-refractivity contribution is -0.137.